The fourth-order valence-corrected chi connectivity index (χ4v) is 4.65. The second-order valence-electron chi connectivity index (χ2n) is 6.20. The van der Waals surface area contributed by atoms with Gasteiger partial charge in [0.1, 0.15) is 21.9 Å². The molecule has 1 aliphatic heterocycles. The van der Waals surface area contributed by atoms with E-state index in [0.29, 0.717) is 27.1 Å². The molecule has 30 heavy (non-hydrogen) atoms. The molecule has 11 heteroatoms. The van der Waals surface area contributed by atoms with Gasteiger partial charge in [-0.15, -0.1) is 0 Å². The van der Waals surface area contributed by atoms with E-state index in [9.17, 15) is 19.5 Å². The van der Waals surface area contributed by atoms with Crippen LogP contribution in [0.15, 0.2) is 39.7 Å². The smallest absolute Gasteiger partial charge is 0.326 e. The maximum Gasteiger partial charge on any atom is 0.326 e. The Morgan fingerprint density at radius 1 is 1.20 bits per heavy atom. The molecule has 2 aromatic rings. The number of carbonyl (C=O) groups excluding carboxylic acids is 1. The van der Waals surface area contributed by atoms with Crippen LogP contribution in [0.2, 0.25) is 10.0 Å². The highest BCUT2D eigenvalue weighted by molar-refractivity contribution is 8.26. The first kappa shape index (κ1) is 22.4. The van der Waals surface area contributed by atoms with Crippen LogP contribution in [0.25, 0.3) is 17.4 Å². The molecule has 1 atom stereocenters. The first-order valence-corrected chi connectivity index (χ1v) is 10.4. The first-order chi connectivity index (χ1) is 14.2. The Morgan fingerprint density at radius 3 is 2.47 bits per heavy atom. The predicted molar refractivity (Wildman–Crippen MR) is 117 cm³/mol. The lowest BCUT2D eigenvalue weighted by Crippen LogP contribution is -2.44. The zero-order valence-corrected chi connectivity index (χ0v) is 18.1. The van der Waals surface area contributed by atoms with Crippen LogP contribution in [0.4, 0.5) is 0 Å². The van der Waals surface area contributed by atoms with Gasteiger partial charge in [-0.25, -0.2) is 4.79 Å². The van der Waals surface area contributed by atoms with Gasteiger partial charge in [-0.2, -0.15) is 0 Å². The highest BCUT2D eigenvalue weighted by Crippen LogP contribution is 2.36. The Morgan fingerprint density at radius 2 is 1.87 bits per heavy atom. The van der Waals surface area contributed by atoms with E-state index in [2.05, 4.69) is 0 Å². The predicted octanol–water partition coefficient (Wildman–Crippen LogP) is 4.77. The number of hydrogen-bond donors (Lipinski definition) is 2. The summed E-state index contributed by atoms with van der Waals surface area (Å²) in [6.07, 6.45) is 0.784. The normalized spacial score (nSPS) is 16.3. The Balaban J connectivity index is 1.84. The largest absolute Gasteiger partial charge is 0.481 e. The van der Waals surface area contributed by atoms with E-state index >= 15 is 0 Å². The minimum Gasteiger partial charge on any atom is -0.481 e. The number of benzene rings is 1. The van der Waals surface area contributed by atoms with Crippen molar-refractivity contribution in [2.75, 3.05) is 0 Å². The molecule has 2 N–H and O–H groups in total. The standard InChI is InChI=1S/C19H13Cl2NO6S2/c20-10-5-9(6-11(21)7-10)14-3-1-12(28-14)8-15-17(25)22(19(29)30-15)13(18(26)27)2-4-16(23)24/h1,3,5-8,13H,2,4H2,(H,23,24)(H,26,27)/b15-8-. The van der Waals surface area contributed by atoms with Crippen LogP contribution in [0.3, 0.4) is 0 Å². The Bertz CT molecular complexity index is 1060. The zero-order chi connectivity index (χ0) is 22.0. The molecule has 0 bridgehead atoms. The van der Waals surface area contributed by atoms with Gasteiger partial charge in [0.25, 0.3) is 5.91 Å². The van der Waals surface area contributed by atoms with Crippen molar-refractivity contribution in [3.05, 3.63) is 51.0 Å². The van der Waals surface area contributed by atoms with E-state index in [-0.39, 0.29) is 15.6 Å². The van der Waals surface area contributed by atoms with Gasteiger partial charge in [0.2, 0.25) is 0 Å². The molecule has 1 aromatic heterocycles. The summed E-state index contributed by atoms with van der Waals surface area (Å²) in [7, 11) is 0. The van der Waals surface area contributed by atoms with Crippen molar-refractivity contribution in [2.45, 2.75) is 18.9 Å². The number of furan rings is 1. The van der Waals surface area contributed by atoms with Gasteiger partial charge in [0.15, 0.2) is 0 Å². The van der Waals surface area contributed by atoms with Crippen molar-refractivity contribution in [2.24, 2.45) is 0 Å². The van der Waals surface area contributed by atoms with Crippen molar-refractivity contribution >= 4 is 75.4 Å². The van der Waals surface area contributed by atoms with Crippen LogP contribution in [-0.2, 0) is 14.4 Å². The van der Waals surface area contributed by atoms with E-state index in [0.717, 1.165) is 16.7 Å². The molecule has 0 aliphatic carbocycles. The number of amides is 1. The molecule has 1 amide bonds. The summed E-state index contributed by atoms with van der Waals surface area (Å²) < 4.78 is 5.77. The van der Waals surface area contributed by atoms with Crippen molar-refractivity contribution in [3.63, 3.8) is 0 Å². The summed E-state index contributed by atoms with van der Waals surface area (Å²) in [4.78, 5) is 36.2. The topological polar surface area (TPSA) is 108 Å². The molecule has 1 aromatic carbocycles. The number of rotatable bonds is 7. The summed E-state index contributed by atoms with van der Waals surface area (Å²) in [5.74, 6) is -2.28. The van der Waals surface area contributed by atoms with Crippen molar-refractivity contribution in [3.8, 4) is 11.3 Å². The number of carboxylic acids is 2. The number of carbonyl (C=O) groups is 3. The summed E-state index contributed by atoms with van der Waals surface area (Å²) in [5.41, 5.74) is 0.652. The van der Waals surface area contributed by atoms with E-state index in [1.54, 1.807) is 30.3 Å². The highest BCUT2D eigenvalue weighted by Gasteiger charge is 2.40. The van der Waals surface area contributed by atoms with Crippen LogP contribution in [0, 0.1) is 0 Å². The summed E-state index contributed by atoms with van der Waals surface area (Å²) in [5, 5.41) is 19.1. The van der Waals surface area contributed by atoms with Crippen molar-refractivity contribution in [1.29, 1.82) is 0 Å². The minimum atomic E-state index is -1.36. The number of halogens is 2. The van der Waals surface area contributed by atoms with Gasteiger partial charge in [-0.1, -0.05) is 47.2 Å². The van der Waals surface area contributed by atoms with Gasteiger partial charge in [0.05, 0.1) is 4.91 Å². The molecule has 7 nitrogen and oxygen atoms in total. The summed E-state index contributed by atoms with van der Waals surface area (Å²) in [6, 6.07) is 6.90. The van der Waals surface area contributed by atoms with Crippen LogP contribution in [0.1, 0.15) is 18.6 Å². The molecule has 0 radical (unpaired) electrons. The number of carboxylic acid groups (broad SMARTS) is 2. The first-order valence-electron chi connectivity index (χ1n) is 8.43. The highest BCUT2D eigenvalue weighted by atomic mass is 35.5. The number of thioether (sulfide) groups is 1. The fourth-order valence-electron chi connectivity index (χ4n) is 2.78. The van der Waals surface area contributed by atoms with Crippen molar-refractivity contribution in [1.82, 2.24) is 4.90 Å². The average molecular weight is 486 g/mol. The summed E-state index contributed by atoms with van der Waals surface area (Å²) in [6.45, 7) is 0. The second-order valence-corrected chi connectivity index (χ2v) is 8.75. The third-order valence-corrected chi connectivity index (χ3v) is 5.87. The van der Waals surface area contributed by atoms with Gasteiger partial charge >= 0.3 is 11.9 Å². The number of hydrogen-bond acceptors (Lipinski definition) is 6. The Kier molecular flexibility index (Phi) is 6.87. The number of aliphatic carboxylic acids is 2. The molecule has 0 spiro atoms. The fraction of sp³-hybridized carbons (Fsp3) is 0.158. The van der Waals surface area contributed by atoms with Crippen molar-refractivity contribution < 1.29 is 29.0 Å². The molecular formula is C19H13Cl2NO6S2. The molecule has 1 fully saturated rings. The maximum atomic E-state index is 12.7. The molecule has 156 valence electrons. The van der Waals surface area contributed by atoms with E-state index < -0.39 is 30.3 Å². The number of nitrogens with zero attached hydrogens (tertiary/aromatic N) is 1. The zero-order valence-electron chi connectivity index (χ0n) is 15.0. The summed E-state index contributed by atoms with van der Waals surface area (Å²) >= 11 is 18.1. The van der Waals surface area contributed by atoms with Gasteiger partial charge in [0, 0.05) is 28.1 Å². The monoisotopic (exact) mass is 485 g/mol. The maximum absolute atomic E-state index is 12.7. The van der Waals surface area contributed by atoms with E-state index in [4.69, 9.17) is 44.9 Å². The third kappa shape index (κ3) is 5.04. The average Bonchev–Trinajstić information content (AvgIpc) is 3.21. The van der Waals surface area contributed by atoms with E-state index in [1.807, 2.05) is 0 Å². The molecule has 0 saturated carbocycles. The lowest BCUT2D eigenvalue weighted by molar-refractivity contribution is -0.146. The lowest BCUT2D eigenvalue weighted by Gasteiger charge is -2.22. The Labute approximate surface area is 190 Å². The lowest BCUT2D eigenvalue weighted by atomic mass is 10.1. The van der Waals surface area contributed by atoms with Gasteiger partial charge in [-0.05, 0) is 36.8 Å². The Hall–Kier alpha value is -2.33. The third-order valence-electron chi connectivity index (χ3n) is 4.10. The van der Waals surface area contributed by atoms with Crippen LogP contribution in [-0.4, -0.2) is 43.3 Å². The minimum absolute atomic E-state index is 0.0393. The van der Waals surface area contributed by atoms with Crippen LogP contribution >= 0.6 is 47.2 Å². The van der Waals surface area contributed by atoms with Crippen LogP contribution < -0.4 is 0 Å². The number of thiocarbonyl (C=S) groups is 1. The van der Waals surface area contributed by atoms with Gasteiger partial charge < -0.3 is 14.6 Å². The molecule has 1 unspecified atom stereocenters. The molecule has 2 heterocycles. The molecular weight excluding hydrogens is 473 g/mol. The molecule has 1 aliphatic rings. The SMILES string of the molecule is O=C(O)CCC(C(=O)O)N1C(=O)/C(=C/c2ccc(-c3cc(Cl)cc(Cl)c3)o2)SC1=S. The van der Waals surface area contributed by atoms with E-state index in [1.165, 1.54) is 6.08 Å². The van der Waals surface area contributed by atoms with Crippen LogP contribution in [0.5, 0.6) is 0 Å². The molecule has 3 rings (SSSR count). The second kappa shape index (κ2) is 9.22. The quantitative estimate of drug-likeness (QED) is 0.426. The molecule has 1 saturated heterocycles. The van der Waals surface area contributed by atoms with Gasteiger partial charge in [-0.3, -0.25) is 14.5 Å².